The SMILES string of the molecule is O=C(c1ccccc1)c1cc(Br)c(OP(=O)([O-])Oc2ccccc2)c(Br)c1.[Na+]. The monoisotopic (exact) mass is 532 g/mol. The molecule has 3 aromatic rings. The first-order valence-electron chi connectivity index (χ1n) is 7.70. The van der Waals surface area contributed by atoms with Crippen LogP contribution in [0.25, 0.3) is 0 Å². The van der Waals surface area contributed by atoms with Crippen LogP contribution in [0.1, 0.15) is 15.9 Å². The summed E-state index contributed by atoms with van der Waals surface area (Å²) in [7, 11) is -4.68. The van der Waals surface area contributed by atoms with Gasteiger partial charge in [-0.1, -0.05) is 48.5 Å². The van der Waals surface area contributed by atoms with Crippen LogP contribution in [0.3, 0.4) is 0 Å². The van der Waals surface area contributed by atoms with Crippen molar-refractivity contribution in [3.05, 3.63) is 92.9 Å². The third-order valence-electron chi connectivity index (χ3n) is 3.46. The number of para-hydroxylation sites is 1. The fourth-order valence-electron chi connectivity index (χ4n) is 2.28. The Balaban J connectivity index is 0.00000280. The standard InChI is InChI=1S/C19H13Br2O5P.Na/c20-16-11-14(18(22)13-7-3-1-4-8-13)12-17(21)19(16)26-27(23,24)25-15-9-5-2-6-10-15;/h1-12H,(H,23,24);/q;+1/p-1. The van der Waals surface area contributed by atoms with Crippen molar-refractivity contribution in [1.29, 1.82) is 0 Å². The molecule has 0 bridgehead atoms. The van der Waals surface area contributed by atoms with Gasteiger partial charge in [0.1, 0.15) is 5.75 Å². The molecule has 0 saturated carbocycles. The Morgan fingerprint density at radius 2 is 1.32 bits per heavy atom. The van der Waals surface area contributed by atoms with Crippen molar-refractivity contribution in [2.45, 2.75) is 0 Å². The van der Waals surface area contributed by atoms with Crippen molar-refractivity contribution in [3.63, 3.8) is 0 Å². The van der Waals surface area contributed by atoms with Gasteiger partial charge in [0.2, 0.25) is 0 Å². The largest absolute Gasteiger partial charge is 1.00 e. The minimum absolute atomic E-state index is 0. The molecule has 0 aromatic heterocycles. The Kier molecular flexibility index (Phi) is 8.52. The predicted molar refractivity (Wildman–Crippen MR) is 107 cm³/mol. The number of carbonyl (C=O) groups is 1. The average molecular weight is 534 g/mol. The zero-order valence-electron chi connectivity index (χ0n) is 14.7. The smallest absolute Gasteiger partial charge is 0.736 e. The summed E-state index contributed by atoms with van der Waals surface area (Å²) < 4.78 is 22.8. The summed E-state index contributed by atoms with van der Waals surface area (Å²) in [6.07, 6.45) is 0. The van der Waals surface area contributed by atoms with Gasteiger partial charge in [-0.15, -0.1) is 0 Å². The topological polar surface area (TPSA) is 75.7 Å². The molecule has 138 valence electrons. The van der Waals surface area contributed by atoms with E-state index in [0.29, 0.717) is 20.1 Å². The van der Waals surface area contributed by atoms with E-state index >= 15 is 0 Å². The first kappa shape index (κ1) is 23.4. The second-order valence-corrected chi connectivity index (χ2v) is 8.38. The maximum Gasteiger partial charge on any atom is 1.00 e. The molecule has 0 saturated heterocycles. The molecule has 0 aliphatic rings. The molecular formula is C19H12Br2NaO5P. The Morgan fingerprint density at radius 3 is 1.86 bits per heavy atom. The van der Waals surface area contributed by atoms with E-state index in [1.165, 1.54) is 24.3 Å². The third kappa shape index (κ3) is 6.04. The number of halogens is 2. The van der Waals surface area contributed by atoms with Crippen molar-refractivity contribution < 1.29 is 52.9 Å². The van der Waals surface area contributed by atoms with Crippen LogP contribution in [0.5, 0.6) is 11.5 Å². The Morgan fingerprint density at radius 1 is 0.821 bits per heavy atom. The average Bonchev–Trinajstić information content (AvgIpc) is 2.65. The van der Waals surface area contributed by atoms with E-state index < -0.39 is 7.82 Å². The second kappa shape index (κ2) is 10.2. The summed E-state index contributed by atoms with van der Waals surface area (Å²) >= 11 is 6.51. The van der Waals surface area contributed by atoms with Crippen LogP contribution >= 0.6 is 39.7 Å². The number of carbonyl (C=O) groups excluding carboxylic acids is 1. The molecule has 3 aromatic carbocycles. The Labute approximate surface area is 201 Å². The zero-order valence-corrected chi connectivity index (χ0v) is 20.7. The molecule has 1 unspecified atom stereocenters. The van der Waals surface area contributed by atoms with E-state index in [1.807, 2.05) is 6.07 Å². The van der Waals surface area contributed by atoms with E-state index in [9.17, 15) is 14.3 Å². The van der Waals surface area contributed by atoms with Gasteiger partial charge in [-0.25, -0.2) is 4.57 Å². The summed E-state index contributed by atoms with van der Waals surface area (Å²) in [5, 5.41) is 0. The molecule has 28 heavy (non-hydrogen) atoms. The number of rotatable bonds is 6. The Hall–Kier alpha value is -0.920. The zero-order chi connectivity index (χ0) is 19.4. The summed E-state index contributed by atoms with van der Waals surface area (Å²) in [6, 6.07) is 19.8. The summed E-state index contributed by atoms with van der Waals surface area (Å²) in [6.45, 7) is 0. The second-order valence-electron chi connectivity index (χ2n) is 5.41. The Bertz CT molecular complexity index is 992. The molecule has 3 rings (SSSR count). The number of hydrogen-bond acceptors (Lipinski definition) is 5. The van der Waals surface area contributed by atoms with Gasteiger partial charge < -0.3 is 13.9 Å². The fourth-order valence-corrected chi connectivity index (χ4v) is 4.71. The van der Waals surface area contributed by atoms with Crippen molar-refractivity contribution in [2.75, 3.05) is 0 Å². The van der Waals surface area contributed by atoms with Gasteiger partial charge >= 0.3 is 37.4 Å². The van der Waals surface area contributed by atoms with Gasteiger partial charge in [-0.05, 0) is 56.1 Å². The number of phosphoric acid groups is 1. The summed E-state index contributed by atoms with van der Waals surface area (Å²) in [5.41, 5.74) is 0.892. The normalized spacial score (nSPS) is 12.4. The van der Waals surface area contributed by atoms with Crippen molar-refractivity contribution in [3.8, 4) is 11.5 Å². The van der Waals surface area contributed by atoms with Crippen molar-refractivity contribution in [2.24, 2.45) is 0 Å². The van der Waals surface area contributed by atoms with Crippen LogP contribution in [-0.2, 0) is 4.57 Å². The van der Waals surface area contributed by atoms with Crippen LogP contribution in [0.15, 0.2) is 81.7 Å². The van der Waals surface area contributed by atoms with Gasteiger partial charge in [-0.3, -0.25) is 4.79 Å². The molecule has 0 heterocycles. The van der Waals surface area contributed by atoms with Gasteiger partial charge in [0.25, 0.3) is 0 Å². The molecule has 0 spiro atoms. The maximum absolute atomic E-state index is 12.6. The molecule has 0 aliphatic carbocycles. The fraction of sp³-hybridized carbons (Fsp3) is 0. The third-order valence-corrected chi connectivity index (χ3v) is 5.48. The number of ketones is 1. The first-order valence-corrected chi connectivity index (χ1v) is 10.7. The van der Waals surface area contributed by atoms with Gasteiger partial charge in [-0.2, -0.15) is 0 Å². The van der Waals surface area contributed by atoms with Crippen molar-refractivity contribution in [1.82, 2.24) is 0 Å². The van der Waals surface area contributed by atoms with Gasteiger partial charge in [0, 0.05) is 11.1 Å². The van der Waals surface area contributed by atoms with Crippen LogP contribution < -0.4 is 43.5 Å². The molecule has 9 heteroatoms. The number of hydrogen-bond donors (Lipinski definition) is 0. The van der Waals surface area contributed by atoms with E-state index in [2.05, 4.69) is 31.9 Å². The molecule has 0 amide bonds. The van der Waals surface area contributed by atoms with Crippen LogP contribution in [0.4, 0.5) is 0 Å². The van der Waals surface area contributed by atoms with Crippen LogP contribution in [0, 0.1) is 0 Å². The number of phosphoric ester groups is 1. The molecular weight excluding hydrogens is 522 g/mol. The van der Waals surface area contributed by atoms with E-state index in [0.717, 1.165) is 0 Å². The number of benzene rings is 3. The molecule has 0 fully saturated rings. The van der Waals surface area contributed by atoms with E-state index in [-0.39, 0.29) is 46.8 Å². The van der Waals surface area contributed by atoms with Gasteiger partial charge in [0.05, 0.1) is 8.95 Å². The van der Waals surface area contributed by atoms with Crippen LogP contribution in [-0.4, -0.2) is 5.78 Å². The molecule has 1 atom stereocenters. The summed E-state index contributed by atoms with van der Waals surface area (Å²) in [4.78, 5) is 24.8. The molecule has 5 nitrogen and oxygen atoms in total. The molecule has 0 aliphatic heterocycles. The maximum atomic E-state index is 12.6. The molecule has 0 radical (unpaired) electrons. The minimum atomic E-state index is -4.68. The van der Waals surface area contributed by atoms with Crippen molar-refractivity contribution >= 4 is 45.5 Å². The minimum Gasteiger partial charge on any atom is -0.736 e. The molecule has 0 N–H and O–H groups in total. The van der Waals surface area contributed by atoms with Crippen LogP contribution in [0.2, 0.25) is 0 Å². The van der Waals surface area contributed by atoms with E-state index in [4.69, 9.17) is 9.05 Å². The predicted octanol–water partition coefficient (Wildman–Crippen LogP) is 2.37. The van der Waals surface area contributed by atoms with Gasteiger partial charge in [0.15, 0.2) is 11.5 Å². The summed E-state index contributed by atoms with van der Waals surface area (Å²) in [5.74, 6) is -0.0674. The van der Waals surface area contributed by atoms with E-state index in [1.54, 1.807) is 42.5 Å². The first-order chi connectivity index (χ1) is 12.9. The quantitative estimate of drug-likeness (QED) is 0.276.